The number of hydrogen-bond acceptors (Lipinski definition) is 2. The quantitative estimate of drug-likeness (QED) is 0.622. The van der Waals surface area contributed by atoms with Gasteiger partial charge in [0.05, 0.1) is 0 Å². The smallest absolute Gasteiger partial charge is 0.0104 e. The van der Waals surface area contributed by atoms with Crippen LogP contribution in [0.15, 0.2) is 0 Å². The highest BCUT2D eigenvalue weighted by Crippen LogP contribution is 2.27. The highest BCUT2D eigenvalue weighted by molar-refractivity contribution is 4.66. The SMILES string of the molecule is CCCNCCN(C)CCCC1CCCCC1. The molecule has 17 heavy (non-hydrogen) atoms. The van der Waals surface area contributed by atoms with Crippen molar-refractivity contribution in [1.29, 1.82) is 0 Å². The maximum Gasteiger partial charge on any atom is 0.0104 e. The summed E-state index contributed by atoms with van der Waals surface area (Å²) in [5.41, 5.74) is 0. The molecule has 0 aromatic carbocycles. The lowest BCUT2D eigenvalue weighted by Crippen LogP contribution is -2.30. The van der Waals surface area contributed by atoms with E-state index in [1.165, 1.54) is 64.5 Å². The third kappa shape index (κ3) is 7.77. The molecule has 102 valence electrons. The van der Waals surface area contributed by atoms with Crippen molar-refractivity contribution in [2.24, 2.45) is 5.92 Å². The molecule has 0 bridgehead atoms. The van der Waals surface area contributed by atoms with Gasteiger partial charge in [-0.3, -0.25) is 0 Å². The van der Waals surface area contributed by atoms with Gasteiger partial charge in [-0.25, -0.2) is 0 Å². The normalized spacial score (nSPS) is 17.8. The average molecular weight is 240 g/mol. The number of hydrogen-bond donors (Lipinski definition) is 1. The van der Waals surface area contributed by atoms with E-state index in [9.17, 15) is 0 Å². The third-order valence-electron chi connectivity index (χ3n) is 3.97. The summed E-state index contributed by atoms with van der Waals surface area (Å²) >= 11 is 0. The van der Waals surface area contributed by atoms with Gasteiger partial charge >= 0.3 is 0 Å². The minimum absolute atomic E-state index is 1.05. The van der Waals surface area contributed by atoms with E-state index in [2.05, 4.69) is 24.2 Å². The van der Waals surface area contributed by atoms with Crippen LogP contribution >= 0.6 is 0 Å². The zero-order valence-corrected chi connectivity index (χ0v) is 12.0. The van der Waals surface area contributed by atoms with Crippen LogP contribution < -0.4 is 5.32 Å². The molecule has 0 atom stereocenters. The summed E-state index contributed by atoms with van der Waals surface area (Å²) in [6.07, 6.45) is 11.6. The number of rotatable bonds is 9. The number of likely N-dealkylation sites (N-methyl/N-ethyl adjacent to an activating group) is 1. The Hall–Kier alpha value is -0.0800. The van der Waals surface area contributed by atoms with Gasteiger partial charge in [-0.15, -0.1) is 0 Å². The summed E-state index contributed by atoms with van der Waals surface area (Å²) in [7, 11) is 2.26. The maximum absolute atomic E-state index is 3.46. The van der Waals surface area contributed by atoms with Crippen molar-refractivity contribution in [2.75, 3.05) is 33.2 Å². The summed E-state index contributed by atoms with van der Waals surface area (Å²) in [6, 6.07) is 0. The lowest BCUT2D eigenvalue weighted by molar-refractivity contribution is 0.284. The molecule has 1 saturated carbocycles. The first-order valence-electron chi connectivity index (χ1n) is 7.72. The Morgan fingerprint density at radius 1 is 1.06 bits per heavy atom. The molecule has 2 heteroatoms. The third-order valence-corrected chi connectivity index (χ3v) is 3.97. The van der Waals surface area contributed by atoms with E-state index in [-0.39, 0.29) is 0 Å². The fourth-order valence-electron chi connectivity index (χ4n) is 2.81. The molecule has 0 amide bonds. The second kappa shape index (κ2) is 9.90. The topological polar surface area (TPSA) is 15.3 Å². The van der Waals surface area contributed by atoms with E-state index in [0.717, 1.165) is 19.0 Å². The molecule has 0 aromatic rings. The Balaban J connectivity index is 1.90. The van der Waals surface area contributed by atoms with Crippen molar-refractivity contribution < 1.29 is 0 Å². The van der Waals surface area contributed by atoms with Crippen molar-refractivity contribution in [3.05, 3.63) is 0 Å². The molecule has 0 spiro atoms. The van der Waals surface area contributed by atoms with Crippen LogP contribution in [-0.4, -0.2) is 38.1 Å². The molecule has 0 aliphatic heterocycles. The zero-order chi connectivity index (χ0) is 12.3. The molecule has 1 aliphatic carbocycles. The van der Waals surface area contributed by atoms with Gasteiger partial charge in [0.1, 0.15) is 0 Å². The maximum atomic E-state index is 3.46. The first-order valence-corrected chi connectivity index (χ1v) is 7.72. The predicted molar refractivity (Wildman–Crippen MR) is 76.5 cm³/mol. The molecular formula is C15H32N2. The van der Waals surface area contributed by atoms with E-state index in [1.807, 2.05) is 0 Å². The molecule has 1 N–H and O–H groups in total. The standard InChI is InChI=1S/C15H32N2/c1-3-11-16-12-14-17(2)13-7-10-15-8-5-4-6-9-15/h15-16H,3-14H2,1-2H3. The molecule has 0 radical (unpaired) electrons. The molecule has 1 aliphatic rings. The summed E-state index contributed by atoms with van der Waals surface area (Å²) in [6.45, 7) is 7.01. The molecule has 0 aromatic heterocycles. The summed E-state index contributed by atoms with van der Waals surface area (Å²) in [5, 5.41) is 3.46. The monoisotopic (exact) mass is 240 g/mol. The van der Waals surface area contributed by atoms with Crippen molar-refractivity contribution in [1.82, 2.24) is 10.2 Å². The van der Waals surface area contributed by atoms with Crippen LogP contribution in [0.5, 0.6) is 0 Å². The predicted octanol–water partition coefficient (Wildman–Crippen LogP) is 3.28. The van der Waals surface area contributed by atoms with E-state index in [1.54, 1.807) is 0 Å². The Labute approximate surface area is 108 Å². The van der Waals surface area contributed by atoms with Gasteiger partial charge in [0.25, 0.3) is 0 Å². The molecule has 2 nitrogen and oxygen atoms in total. The van der Waals surface area contributed by atoms with Crippen molar-refractivity contribution >= 4 is 0 Å². The summed E-state index contributed by atoms with van der Waals surface area (Å²) in [5.74, 6) is 1.05. The van der Waals surface area contributed by atoms with Gasteiger partial charge in [0.15, 0.2) is 0 Å². The zero-order valence-electron chi connectivity index (χ0n) is 12.0. The van der Waals surface area contributed by atoms with E-state index in [4.69, 9.17) is 0 Å². The highest BCUT2D eigenvalue weighted by Gasteiger charge is 2.12. The van der Waals surface area contributed by atoms with Crippen LogP contribution in [0.25, 0.3) is 0 Å². The van der Waals surface area contributed by atoms with Crippen molar-refractivity contribution in [3.63, 3.8) is 0 Å². The van der Waals surface area contributed by atoms with Gasteiger partial charge < -0.3 is 10.2 Å². The molecule has 0 heterocycles. The van der Waals surface area contributed by atoms with Crippen LogP contribution in [0, 0.1) is 5.92 Å². The van der Waals surface area contributed by atoms with Crippen LogP contribution in [0.2, 0.25) is 0 Å². The lowest BCUT2D eigenvalue weighted by Gasteiger charge is -2.23. The van der Waals surface area contributed by atoms with Gasteiger partial charge in [0.2, 0.25) is 0 Å². The average Bonchev–Trinajstić information content (AvgIpc) is 2.36. The summed E-state index contributed by atoms with van der Waals surface area (Å²) in [4.78, 5) is 2.48. The Morgan fingerprint density at radius 2 is 1.82 bits per heavy atom. The highest BCUT2D eigenvalue weighted by atomic mass is 15.1. The number of nitrogens with zero attached hydrogens (tertiary/aromatic N) is 1. The number of nitrogens with one attached hydrogen (secondary N) is 1. The lowest BCUT2D eigenvalue weighted by atomic mass is 9.86. The van der Waals surface area contributed by atoms with E-state index >= 15 is 0 Å². The van der Waals surface area contributed by atoms with Crippen LogP contribution in [0.1, 0.15) is 58.3 Å². The van der Waals surface area contributed by atoms with E-state index < -0.39 is 0 Å². The molecule has 1 rings (SSSR count). The minimum Gasteiger partial charge on any atom is -0.315 e. The van der Waals surface area contributed by atoms with Crippen LogP contribution in [0.3, 0.4) is 0 Å². The van der Waals surface area contributed by atoms with Crippen LogP contribution in [-0.2, 0) is 0 Å². The first-order chi connectivity index (χ1) is 8.33. The van der Waals surface area contributed by atoms with Gasteiger partial charge in [-0.2, -0.15) is 0 Å². The molecular weight excluding hydrogens is 208 g/mol. The van der Waals surface area contributed by atoms with E-state index in [0.29, 0.717) is 0 Å². The first kappa shape index (κ1) is 15.0. The Morgan fingerprint density at radius 3 is 2.53 bits per heavy atom. The summed E-state index contributed by atoms with van der Waals surface area (Å²) < 4.78 is 0. The van der Waals surface area contributed by atoms with Gasteiger partial charge in [-0.05, 0) is 45.3 Å². The largest absolute Gasteiger partial charge is 0.315 e. The van der Waals surface area contributed by atoms with Gasteiger partial charge in [-0.1, -0.05) is 39.0 Å². The molecule has 0 saturated heterocycles. The Bertz CT molecular complexity index is 164. The second-order valence-electron chi connectivity index (χ2n) is 5.70. The van der Waals surface area contributed by atoms with Gasteiger partial charge in [0, 0.05) is 13.1 Å². The van der Waals surface area contributed by atoms with Crippen molar-refractivity contribution in [3.8, 4) is 0 Å². The minimum atomic E-state index is 1.05. The van der Waals surface area contributed by atoms with Crippen LogP contribution in [0.4, 0.5) is 0 Å². The molecule has 1 fully saturated rings. The Kier molecular flexibility index (Phi) is 8.72. The fourth-order valence-corrected chi connectivity index (χ4v) is 2.81. The van der Waals surface area contributed by atoms with Crippen molar-refractivity contribution in [2.45, 2.75) is 58.3 Å². The fraction of sp³-hybridized carbons (Fsp3) is 1.00. The molecule has 0 unspecified atom stereocenters. The second-order valence-corrected chi connectivity index (χ2v) is 5.70.